The summed E-state index contributed by atoms with van der Waals surface area (Å²) in [6, 6.07) is 0. The Morgan fingerprint density at radius 2 is 1.76 bits per heavy atom. The van der Waals surface area contributed by atoms with Crippen LogP contribution in [0.25, 0.3) is 0 Å². The number of β-amino-alcohol motifs (C(OH)–C–C–N with tert-alkyl or cyclic N) is 1. The van der Waals surface area contributed by atoms with Crippen LogP contribution < -0.4 is 0 Å². The van der Waals surface area contributed by atoms with Gasteiger partial charge in [-0.1, -0.05) is 13.8 Å². The van der Waals surface area contributed by atoms with Crippen molar-refractivity contribution >= 4 is 11.8 Å². The largest absolute Gasteiger partial charge is 0.391 e. The van der Waals surface area contributed by atoms with Crippen molar-refractivity contribution in [3.63, 3.8) is 0 Å². The number of ether oxygens (including phenoxy) is 1. The van der Waals surface area contributed by atoms with Crippen LogP contribution in [0, 0.1) is 11.3 Å². The molecule has 1 unspecified atom stereocenters. The van der Waals surface area contributed by atoms with Crippen LogP contribution in [-0.2, 0) is 14.3 Å². The van der Waals surface area contributed by atoms with E-state index >= 15 is 0 Å². The smallest absolute Gasteiger partial charge is 0.230 e. The Kier molecular flexibility index (Phi) is 6.86. The van der Waals surface area contributed by atoms with Crippen LogP contribution in [0.15, 0.2) is 0 Å². The van der Waals surface area contributed by atoms with E-state index in [4.69, 9.17) is 4.74 Å². The second-order valence-corrected chi connectivity index (χ2v) is 8.42. The molecular weight excluding hydrogens is 320 g/mol. The average molecular weight is 354 g/mol. The van der Waals surface area contributed by atoms with E-state index in [9.17, 15) is 14.7 Å². The first-order valence-electron chi connectivity index (χ1n) is 9.58. The summed E-state index contributed by atoms with van der Waals surface area (Å²) in [6.45, 7) is 10.7. The van der Waals surface area contributed by atoms with Crippen LogP contribution in [0.2, 0.25) is 0 Å². The molecule has 0 aromatic rings. The fraction of sp³-hybridized carbons (Fsp3) is 0.895. The topological polar surface area (TPSA) is 70.1 Å². The van der Waals surface area contributed by atoms with E-state index in [2.05, 4.69) is 0 Å². The molecule has 1 N–H and O–H groups in total. The van der Waals surface area contributed by atoms with Gasteiger partial charge in [0, 0.05) is 32.1 Å². The van der Waals surface area contributed by atoms with Crippen molar-refractivity contribution in [2.45, 2.75) is 65.6 Å². The minimum atomic E-state index is -0.595. The van der Waals surface area contributed by atoms with Gasteiger partial charge in [0.2, 0.25) is 11.8 Å². The molecule has 2 amide bonds. The first-order chi connectivity index (χ1) is 11.7. The molecule has 2 saturated heterocycles. The highest BCUT2D eigenvalue weighted by molar-refractivity contribution is 5.82. The predicted octanol–water partition coefficient (Wildman–Crippen LogP) is 1.66. The van der Waals surface area contributed by atoms with Crippen molar-refractivity contribution < 1.29 is 19.4 Å². The van der Waals surface area contributed by atoms with Gasteiger partial charge in [-0.3, -0.25) is 9.59 Å². The third kappa shape index (κ3) is 5.42. The van der Waals surface area contributed by atoms with Gasteiger partial charge in [0.25, 0.3) is 0 Å². The second kappa shape index (κ2) is 8.49. The van der Waals surface area contributed by atoms with Crippen LogP contribution in [-0.4, -0.2) is 71.7 Å². The van der Waals surface area contributed by atoms with Gasteiger partial charge in [-0.25, -0.2) is 0 Å². The van der Waals surface area contributed by atoms with Crippen molar-refractivity contribution in [1.82, 2.24) is 9.80 Å². The molecule has 144 valence electrons. The summed E-state index contributed by atoms with van der Waals surface area (Å²) in [5, 5.41) is 9.78. The van der Waals surface area contributed by atoms with Crippen LogP contribution >= 0.6 is 0 Å². The van der Waals surface area contributed by atoms with E-state index in [0.29, 0.717) is 13.2 Å². The second-order valence-electron chi connectivity index (χ2n) is 8.42. The molecule has 0 aromatic carbocycles. The van der Waals surface area contributed by atoms with E-state index in [0.717, 1.165) is 45.3 Å². The van der Waals surface area contributed by atoms with Crippen molar-refractivity contribution in [3.05, 3.63) is 0 Å². The Balaban J connectivity index is 1.78. The zero-order valence-corrected chi connectivity index (χ0v) is 16.2. The molecule has 1 atom stereocenters. The highest BCUT2D eigenvalue weighted by Gasteiger charge is 2.35. The molecule has 25 heavy (non-hydrogen) atoms. The lowest BCUT2D eigenvalue weighted by Gasteiger charge is -2.38. The van der Waals surface area contributed by atoms with E-state index < -0.39 is 11.5 Å². The first kappa shape index (κ1) is 20.2. The number of carbonyl (C=O) groups excluding carboxylic acids is 2. The molecule has 0 aromatic heterocycles. The SMILES string of the molecule is CC(C)C(=O)N1CCC(OCC(C)(C)C(=O)N2CCCC(O)C2)CC1. The maximum atomic E-state index is 12.7. The maximum Gasteiger partial charge on any atom is 0.230 e. The summed E-state index contributed by atoms with van der Waals surface area (Å²) in [5.41, 5.74) is -0.595. The molecule has 0 radical (unpaired) electrons. The molecular formula is C19H34N2O4. The normalized spacial score (nSPS) is 23.2. The summed E-state index contributed by atoms with van der Waals surface area (Å²) in [6.07, 6.45) is 2.98. The quantitative estimate of drug-likeness (QED) is 0.815. The fourth-order valence-electron chi connectivity index (χ4n) is 3.56. The third-order valence-corrected chi connectivity index (χ3v) is 5.19. The molecule has 2 aliphatic rings. The molecule has 2 heterocycles. The average Bonchev–Trinajstić information content (AvgIpc) is 2.59. The third-order valence-electron chi connectivity index (χ3n) is 5.19. The summed E-state index contributed by atoms with van der Waals surface area (Å²) in [5.74, 6) is 0.296. The first-order valence-corrected chi connectivity index (χ1v) is 9.58. The number of likely N-dealkylation sites (tertiary alicyclic amines) is 2. The number of hydrogen-bond donors (Lipinski definition) is 1. The Hall–Kier alpha value is -1.14. The minimum Gasteiger partial charge on any atom is -0.391 e. The standard InChI is InChI=1S/C19H34N2O4/c1-14(2)17(23)20-10-7-16(8-11-20)25-13-19(3,4)18(24)21-9-5-6-15(22)12-21/h14-16,22H,5-13H2,1-4H3. The van der Waals surface area contributed by atoms with Gasteiger partial charge in [0.15, 0.2) is 0 Å². The summed E-state index contributed by atoms with van der Waals surface area (Å²) >= 11 is 0. The van der Waals surface area contributed by atoms with Crippen molar-refractivity contribution in [2.24, 2.45) is 11.3 Å². The Labute approximate surface area is 151 Å². The van der Waals surface area contributed by atoms with Crippen LogP contribution in [0.3, 0.4) is 0 Å². The van der Waals surface area contributed by atoms with Gasteiger partial charge in [-0.05, 0) is 39.5 Å². The Bertz CT molecular complexity index is 470. The molecule has 2 fully saturated rings. The Morgan fingerprint density at radius 1 is 1.12 bits per heavy atom. The lowest BCUT2D eigenvalue weighted by Crippen LogP contribution is -2.49. The number of rotatable bonds is 5. The highest BCUT2D eigenvalue weighted by Crippen LogP contribution is 2.25. The zero-order chi connectivity index (χ0) is 18.6. The lowest BCUT2D eigenvalue weighted by atomic mass is 9.91. The van der Waals surface area contributed by atoms with Gasteiger partial charge in [-0.15, -0.1) is 0 Å². The van der Waals surface area contributed by atoms with Crippen LogP contribution in [0.4, 0.5) is 0 Å². The van der Waals surface area contributed by atoms with E-state index in [1.807, 2.05) is 32.6 Å². The zero-order valence-electron chi connectivity index (χ0n) is 16.2. The molecule has 2 aliphatic heterocycles. The molecule has 2 rings (SSSR count). The molecule has 0 aliphatic carbocycles. The summed E-state index contributed by atoms with van der Waals surface area (Å²) < 4.78 is 6.03. The van der Waals surface area contributed by atoms with E-state index in [1.54, 1.807) is 4.90 Å². The number of nitrogens with zero attached hydrogens (tertiary/aromatic N) is 2. The van der Waals surface area contributed by atoms with Crippen molar-refractivity contribution in [2.75, 3.05) is 32.8 Å². The van der Waals surface area contributed by atoms with Gasteiger partial charge in [-0.2, -0.15) is 0 Å². The maximum absolute atomic E-state index is 12.7. The Morgan fingerprint density at radius 3 is 2.32 bits per heavy atom. The van der Waals surface area contributed by atoms with Gasteiger partial charge in [0.1, 0.15) is 0 Å². The number of carbonyl (C=O) groups is 2. The minimum absolute atomic E-state index is 0.0360. The van der Waals surface area contributed by atoms with Crippen molar-refractivity contribution in [1.29, 1.82) is 0 Å². The number of aliphatic hydroxyl groups excluding tert-OH is 1. The number of amides is 2. The predicted molar refractivity (Wildman–Crippen MR) is 96.0 cm³/mol. The fourth-order valence-corrected chi connectivity index (χ4v) is 3.56. The van der Waals surface area contributed by atoms with Crippen molar-refractivity contribution in [3.8, 4) is 0 Å². The molecule has 6 nitrogen and oxygen atoms in total. The molecule has 0 bridgehead atoms. The van der Waals surface area contributed by atoms with Crippen LogP contribution in [0.5, 0.6) is 0 Å². The van der Waals surface area contributed by atoms with E-state index in [1.165, 1.54) is 0 Å². The molecule has 0 spiro atoms. The molecule has 0 saturated carbocycles. The summed E-state index contributed by atoms with van der Waals surface area (Å²) in [4.78, 5) is 28.4. The summed E-state index contributed by atoms with van der Waals surface area (Å²) in [7, 11) is 0. The number of piperidine rings is 2. The van der Waals surface area contributed by atoms with Gasteiger partial charge < -0.3 is 19.6 Å². The van der Waals surface area contributed by atoms with Gasteiger partial charge >= 0.3 is 0 Å². The monoisotopic (exact) mass is 354 g/mol. The van der Waals surface area contributed by atoms with Gasteiger partial charge in [0.05, 0.1) is 24.2 Å². The van der Waals surface area contributed by atoms with E-state index in [-0.39, 0.29) is 23.8 Å². The lowest BCUT2D eigenvalue weighted by molar-refractivity contribution is -0.149. The number of hydrogen-bond acceptors (Lipinski definition) is 4. The highest BCUT2D eigenvalue weighted by atomic mass is 16.5. The van der Waals surface area contributed by atoms with Crippen LogP contribution in [0.1, 0.15) is 53.4 Å². The number of aliphatic hydroxyl groups is 1. The molecule has 6 heteroatoms.